The van der Waals surface area contributed by atoms with Crippen molar-refractivity contribution >= 4 is 29.9 Å². The third-order valence-electron chi connectivity index (χ3n) is 5.03. The zero-order chi connectivity index (χ0) is 21.6. The van der Waals surface area contributed by atoms with Gasteiger partial charge in [0.1, 0.15) is 11.5 Å². The first-order chi connectivity index (χ1) is 14.7. The maximum atomic E-state index is 5.52. The van der Waals surface area contributed by atoms with Gasteiger partial charge in [0.15, 0.2) is 5.96 Å². The van der Waals surface area contributed by atoms with Gasteiger partial charge >= 0.3 is 0 Å². The Bertz CT molecular complexity index is 640. The second-order valence-electron chi connectivity index (χ2n) is 7.14. The highest BCUT2D eigenvalue weighted by Gasteiger charge is 2.20. The molecule has 1 aliphatic heterocycles. The van der Waals surface area contributed by atoms with Crippen molar-refractivity contribution in [1.82, 2.24) is 15.1 Å². The molecule has 1 aromatic carbocycles. The number of hydrogen-bond donors (Lipinski definition) is 1. The van der Waals surface area contributed by atoms with E-state index in [0.717, 1.165) is 75.3 Å². The summed E-state index contributed by atoms with van der Waals surface area (Å²) in [6.07, 6.45) is 0.911. The van der Waals surface area contributed by atoms with E-state index in [1.54, 1.807) is 21.3 Å². The van der Waals surface area contributed by atoms with Crippen LogP contribution in [0.15, 0.2) is 23.2 Å². The molecule has 1 aliphatic rings. The van der Waals surface area contributed by atoms with Gasteiger partial charge in [0.2, 0.25) is 0 Å². The van der Waals surface area contributed by atoms with Crippen molar-refractivity contribution in [3.63, 3.8) is 0 Å². The van der Waals surface area contributed by atoms with Gasteiger partial charge in [-0.3, -0.25) is 9.89 Å². The summed E-state index contributed by atoms with van der Waals surface area (Å²) in [5.74, 6) is 2.76. The topological polar surface area (TPSA) is 67.8 Å². The molecule has 1 saturated heterocycles. The molecule has 0 unspecified atom stereocenters. The summed E-state index contributed by atoms with van der Waals surface area (Å²) in [7, 11) is 5.09. The number of aliphatic imine (C=N–C) groups is 1. The van der Waals surface area contributed by atoms with Gasteiger partial charge in [0.05, 0.1) is 27.4 Å². The van der Waals surface area contributed by atoms with Gasteiger partial charge in [0.25, 0.3) is 0 Å². The third-order valence-corrected chi connectivity index (χ3v) is 5.03. The Balaban J connectivity index is 0.00000480. The molecule has 0 amide bonds. The molecular weight excluding hydrogens is 511 g/mol. The number of piperazine rings is 1. The summed E-state index contributed by atoms with van der Waals surface area (Å²) < 4.78 is 21.4. The minimum atomic E-state index is 0. The van der Waals surface area contributed by atoms with Crippen molar-refractivity contribution in [3.05, 3.63) is 23.8 Å². The fraction of sp³-hybridized carbons (Fsp3) is 0.682. The van der Waals surface area contributed by atoms with Crippen LogP contribution >= 0.6 is 24.0 Å². The predicted octanol–water partition coefficient (Wildman–Crippen LogP) is 2.46. The molecule has 0 atom stereocenters. The van der Waals surface area contributed by atoms with Crippen molar-refractivity contribution in [3.8, 4) is 11.5 Å². The van der Waals surface area contributed by atoms with Gasteiger partial charge in [-0.15, -0.1) is 24.0 Å². The molecule has 178 valence electrons. The molecule has 9 heteroatoms. The quantitative estimate of drug-likeness (QED) is 0.186. The molecule has 0 radical (unpaired) electrons. The maximum Gasteiger partial charge on any atom is 0.194 e. The molecule has 0 saturated carbocycles. The van der Waals surface area contributed by atoms with Crippen molar-refractivity contribution in [2.45, 2.75) is 19.9 Å². The number of ether oxygens (including phenoxy) is 4. The summed E-state index contributed by atoms with van der Waals surface area (Å²) in [5.41, 5.74) is 1.15. The van der Waals surface area contributed by atoms with Gasteiger partial charge in [-0.2, -0.15) is 0 Å². The standard InChI is InChI=1S/C22H38N4O4.HI/c1-5-23-22(24-9-6-14-30-16-15-27-2)26-12-10-25(11-13-26)18-19-17-20(28-3)7-8-21(19)29-4;/h7-8,17H,5-6,9-16,18H2,1-4H3,(H,23,24);1H. The molecule has 2 rings (SSSR count). The van der Waals surface area contributed by atoms with E-state index < -0.39 is 0 Å². The largest absolute Gasteiger partial charge is 0.497 e. The van der Waals surface area contributed by atoms with E-state index in [1.807, 2.05) is 12.1 Å². The first-order valence-corrected chi connectivity index (χ1v) is 10.7. The zero-order valence-corrected chi connectivity index (χ0v) is 21.7. The van der Waals surface area contributed by atoms with Crippen LogP contribution in [0.3, 0.4) is 0 Å². The average molecular weight is 550 g/mol. The van der Waals surface area contributed by atoms with Crippen molar-refractivity contribution in [2.75, 3.05) is 80.4 Å². The Morgan fingerprint density at radius 2 is 1.81 bits per heavy atom. The van der Waals surface area contributed by atoms with E-state index in [1.165, 1.54) is 0 Å². The summed E-state index contributed by atoms with van der Waals surface area (Å²) in [4.78, 5) is 9.57. The highest BCUT2D eigenvalue weighted by atomic mass is 127. The first-order valence-electron chi connectivity index (χ1n) is 10.7. The molecule has 0 aromatic heterocycles. The van der Waals surface area contributed by atoms with E-state index in [-0.39, 0.29) is 24.0 Å². The van der Waals surface area contributed by atoms with Crippen LogP contribution in [0, 0.1) is 0 Å². The maximum absolute atomic E-state index is 5.52. The Morgan fingerprint density at radius 3 is 2.45 bits per heavy atom. The molecular formula is C22H39IN4O4. The summed E-state index contributed by atoms with van der Waals surface area (Å²) in [5, 5.41) is 3.42. The summed E-state index contributed by atoms with van der Waals surface area (Å²) in [6, 6.07) is 5.97. The highest BCUT2D eigenvalue weighted by molar-refractivity contribution is 14.0. The van der Waals surface area contributed by atoms with E-state index in [0.29, 0.717) is 19.8 Å². The van der Waals surface area contributed by atoms with E-state index >= 15 is 0 Å². The minimum Gasteiger partial charge on any atom is -0.497 e. The monoisotopic (exact) mass is 550 g/mol. The molecule has 1 heterocycles. The fourth-order valence-corrected chi connectivity index (χ4v) is 3.39. The lowest BCUT2D eigenvalue weighted by Crippen LogP contribution is -2.52. The number of nitrogens with zero attached hydrogens (tertiary/aromatic N) is 3. The van der Waals surface area contributed by atoms with Crippen LogP contribution in [0.5, 0.6) is 11.5 Å². The van der Waals surface area contributed by atoms with E-state index in [2.05, 4.69) is 28.1 Å². The van der Waals surface area contributed by atoms with E-state index in [4.69, 9.17) is 23.9 Å². The van der Waals surface area contributed by atoms with Crippen LogP contribution in [0.1, 0.15) is 18.9 Å². The Kier molecular flexibility index (Phi) is 14.6. The molecule has 8 nitrogen and oxygen atoms in total. The number of nitrogens with one attached hydrogen (secondary N) is 1. The lowest BCUT2D eigenvalue weighted by atomic mass is 10.1. The minimum absolute atomic E-state index is 0. The molecule has 1 fully saturated rings. The number of guanidine groups is 1. The molecule has 0 aliphatic carbocycles. The molecule has 31 heavy (non-hydrogen) atoms. The smallest absolute Gasteiger partial charge is 0.194 e. The van der Waals surface area contributed by atoms with Crippen molar-refractivity contribution < 1.29 is 18.9 Å². The van der Waals surface area contributed by atoms with Gasteiger partial charge in [-0.05, 0) is 31.5 Å². The second-order valence-corrected chi connectivity index (χ2v) is 7.14. The van der Waals surface area contributed by atoms with Crippen LogP contribution in [0.4, 0.5) is 0 Å². The lowest BCUT2D eigenvalue weighted by molar-refractivity contribution is 0.0702. The van der Waals surface area contributed by atoms with Gasteiger partial charge < -0.3 is 29.2 Å². The molecule has 1 N–H and O–H groups in total. The van der Waals surface area contributed by atoms with Crippen LogP contribution in [0.25, 0.3) is 0 Å². The van der Waals surface area contributed by atoms with Crippen molar-refractivity contribution in [2.24, 2.45) is 4.99 Å². The fourth-order valence-electron chi connectivity index (χ4n) is 3.39. The number of hydrogen-bond acceptors (Lipinski definition) is 6. The number of methoxy groups -OCH3 is 3. The predicted molar refractivity (Wildman–Crippen MR) is 135 cm³/mol. The van der Waals surface area contributed by atoms with E-state index in [9.17, 15) is 0 Å². The SMILES string of the molecule is CCNC(=NCCCOCCOC)N1CCN(Cc2cc(OC)ccc2OC)CC1.I. The van der Waals surface area contributed by atoms with Gasteiger partial charge in [0, 0.05) is 65.1 Å². The highest BCUT2D eigenvalue weighted by Crippen LogP contribution is 2.25. The summed E-state index contributed by atoms with van der Waals surface area (Å²) in [6.45, 7) is 10.4. The van der Waals surface area contributed by atoms with Gasteiger partial charge in [-0.1, -0.05) is 0 Å². The summed E-state index contributed by atoms with van der Waals surface area (Å²) >= 11 is 0. The zero-order valence-electron chi connectivity index (χ0n) is 19.4. The molecule has 0 bridgehead atoms. The Labute approximate surface area is 204 Å². The van der Waals surface area contributed by atoms with Crippen LogP contribution < -0.4 is 14.8 Å². The van der Waals surface area contributed by atoms with Crippen molar-refractivity contribution in [1.29, 1.82) is 0 Å². The van der Waals surface area contributed by atoms with Crippen LogP contribution in [-0.2, 0) is 16.0 Å². The Hall–Kier alpha value is -1.30. The van der Waals surface area contributed by atoms with Crippen LogP contribution in [-0.4, -0.2) is 96.2 Å². The second kappa shape index (κ2) is 16.3. The average Bonchev–Trinajstić information content (AvgIpc) is 2.78. The Morgan fingerprint density at radius 1 is 1.03 bits per heavy atom. The number of rotatable bonds is 12. The third kappa shape index (κ3) is 9.80. The van der Waals surface area contributed by atoms with Crippen LogP contribution in [0.2, 0.25) is 0 Å². The van der Waals surface area contributed by atoms with Gasteiger partial charge in [-0.25, -0.2) is 0 Å². The normalized spacial score (nSPS) is 14.8. The first kappa shape index (κ1) is 27.7. The molecule has 0 spiro atoms. The lowest BCUT2D eigenvalue weighted by Gasteiger charge is -2.36. The number of halogens is 1. The molecule has 1 aromatic rings. The number of benzene rings is 1.